The highest BCUT2D eigenvalue weighted by Crippen LogP contribution is 2.31. The van der Waals surface area contributed by atoms with Gasteiger partial charge in [0.15, 0.2) is 5.58 Å². The van der Waals surface area contributed by atoms with E-state index in [0.717, 1.165) is 0 Å². The Balaban J connectivity index is 1.93. The fourth-order valence-corrected chi connectivity index (χ4v) is 3.53. The normalized spacial score (nSPS) is 11.4. The van der Waals surface area contributed by atoms with Crippen molar-refractivity contribution in [2.75, 3.05) is 26.6 Å². The third kappa shape index (κ3) is 4.95. The minimum absolute atomic E-state index is 0.0510. The fraction of sp³-hybridized carbons (Fsp3) is 0.192. The van der Waals surface area contributed by atoms with Crippen LogP contribution in [0, 0.1) is 6.92 Å². The lowest BCUT2D eigenvalue weighted by Gasteiger charge is -2.11. The van der Waals surface area contributed by atoms with Crippen molar-refractivity contribution < 1.29 is 28.5 Å². The zero-order valence-electron chi connectivity index (χ0n) is 19.8. The van der Waals surface area contributed by atoms with E-state index in [1.165, 1.54) is 7.11 Å². The number of aliphatic hydroxyl groups excluding tert-OH is 1. The van der Waals surface area contributed by atoms with E-state index in [1.807, 2.05) is 0 Å². The van der Waals surface area contributed by atoms with E-state index in [-0.39, 0.29) is 17.7 Å². The summed E-state index contributed by atoms with van der Waals surface area (Å²) in [5.41, 5.74) is 2.73. The van der Waals surface area contributed by atoms with E-state index in [9.17, 15) is 9.90 Å². The topological polar surface area (TPSA) is 115 Å². The van der Waals surface area contributed by atoms with Gasteiger partial charge in [0.25, 0.3) is 5.91 Å². The van der Waals surface area contributed by atoms with Gasteiger partial charge in [0.1, 0.15) is 28.5 Å². The smallest absolute Gasteiger partial charge is 0.261 e. The molecule has 0 unspecified atom stereocenters. The van der Waals surface area contributed by atoms with E-state index >= 15 is 0 Å². The minimum atomic E-state index is -0.445. The Morgan fingerprint density at radius 2 is 1.74 bits per heavy atom. The third-order valence-electron chi connectivity index (χ3n) is 5.42. The van der Waals surface area contributed by atoms with Gasteiger partial charge in [-0.1, -0.05) is 0 Å². The molecule has 0 spiro atoms. The number of pyridine rings is 1. The maximum atomic E-state index is 13.4. The molecule has 0 saturated carbocycles. The van der Waals surface area contributed by atoms with Crippen molar-refractivity contribution in [3.05, 3.63) is 77.1 Å². The summed E-state index contributed by atoms with van der Waals surface area (Å²) >= 11 is 0. The molecule has 9 nitrogen and oxygen atoms in total. The molecule has 0 aliphatic carbocycles. The first-order valence-electron chi connectivity index (χ1n) is 10.7. The monoisotopic (exact) mass is 475 g/mol. The van der Waals surface area contributed by atoms with E-state index in [1.54, 1.807) is 75.9 Å². The van der Waals surface area contributed by atoms with Crippen LogP contribution >= 0.6 is 0 Å². The number of nitrogens with zero attached hydrogens (tertiary/aromatic N) is 2. The number of aromatic nitrogens is 1. The van der Waals surface area contributed by atoms with Crippen LogP contribution in [-0.2, 0) is 6.61 Å². The Hall–Kier alpha value is -4.37. The second-order valence-electron chi connectivity index (χ2n) is 7.57. The summed E-state index contributed by atoms with van der Waals surface area (Å²) in [6, 6.07) is 13.7. The van der Waals surface area contributed by atoms with E-state index in [2.05, 4.69) is 15.3 Å². The Morgan fingerprint density at radius 3 is 2.40 bits per heavy atom. The van der Waals surface area contributed by atoms with Crippen molar-refractivity contribution in [1.82, 2.24) is 4.98 Å². The number of fused-ring (bicyclic) bond motifs is 1. The molecule has 0 atom stereocenters. The average Bonchev–Trinajstić information content (AvgIpc) is 2.89. The van der Waals surface area contributed by atoms with Crippen molar-refractivity contribution in [3.8, 4) is 17.2 Å². The van der Waals surface area contributed by atoms with Crippen LogP contribution in [-0.4, -0.2) is 37.3 Å². The molecule has 0 saturated heterocycles. The molecular weight excluding hydrogens is 450 g/mol. The molecule has 1 amide bonds. The number of aryl methyl sites for hydroxylation is 1. The number of carbonyl (C=O) groups is 1. The molecule has 4 rings (SSSR count). The summed E-state index contributed by atoms with van der Waals surface area (Å²) in [6.07, 6.45) is 1.56. The van der Waals surface area contributed by atoms with Crippen molar-refractivity contribution in [2.24, 2.45) is 4.99 Å². The van der Waals surface area contributed by atoms with Gasteiger partial charge in [-0.2, -0.15) is 0 Å². The van der Waals surface area contributed by atoms with Crippen LogP contribution in [0.25, 0.3) is 11.0 Å². The standard InChI is InChI=1S/C26H25N3O6/c1-15-24-20(16(14-30)13-27-15)12-21(25(31)28-17-5-7-18(32-2)8-6-17)26(35-24)29-22-11-19(33-3)9-10-23(22)34-4/h5-13,30H,14H2,1-4H3,(H,28,31). The van der Waals surface area contributed by atoms with Gasteiger partial charge >= 0.3 is 0 Å². The van der Waals surface area contributed by atoms with Gasteiger partial charge < -0.3 is 29.1 Å². The van der Waals surface area contributed by atoms with Gasteiger partial charge in [0, 0.05) is 28.9 Å². The van der Waals surface area contributed by atoms with Crippen LogP contribution < -0.4 is 25.1 Å². The highest BCUT2D eigenvalue weighted by Gasteiger charge is 2.17. The number of nitrogens with one attached hydrogen (secondary N) is 1. The maximum absolute atomic E-state index is 13.4. The third-order valence-corrected chi connectivity index (χ3v) is 5.42. The number of ether oxygens (including phenoxy) is 3. The number of methoxy groups -OCH3 is 3. The lowest BCUT2D eigenvalue weighted by Crippen LogP contribution is -2.22. The van der Waals surface area contributed by atoms with Crippen LogP contribution in [0.5, 0.6) is 17.2 Å². The zero-order chi connectivity index (χ0) is 24.9. The zero-order valence-corrected chi connectivity index (χ0v) is 19.8. The molecule has 35 heavy (non-hydrogen) atoms. The molecule has 0 aliphatic heterocycles. The first-order chi connectivity index (χ1) is 17.0. The number of benzene rings is 2. The molecule has 0 bridgehead atoms. The van der Waals surface area contributed by atoms with E-state index in [0.29, 0.717) is 50.8 Å². The second-order valence-corrected chi connectivity index (χ2v) is 7.57. The molecule has 0 radical (unpaired) electrons. The predicted molar refractivity (Wildman–Crippen MR) is 130 cm³/mol. The number of rotatable bonds is 7. The fourth-order valence-electron chi connectivity index (χ4n) is 3.53. The van der Waals surface area contributed by atoms with Gasteiger partial charge in [-0.05, 0) is 49.4 Å². The minimum Gasteiger partial charge on any atom is -0.497 e. The predicted octanol–water partition coefficient (Wildman–Crippen LogP) is 4.14. The van der Waals surface area contributed by atoms with Crippen LogP contribution in [0.15, 0.2) is 64.1 Å². The van der Waals surface area contributed by atoms with Gasteiger partial charge in [-0.3, -0.25) is 9.78 Å². The Bertz CT molecular complexity index is 1440. The molecule has 9 heteroatoms. The van der Waals surface area contributed by atoms with Crippen LogP contribution in [0.2, 0.25) is 0 Å². The van der Waals surface area contributed by atoms with Gasteiger partial charge in [0.05, 0.1) is 33.6 Å². The Morgan fingerprint density at radius 1 is 1.03 bits per heavy atom. The van der Waals surface area contributed by atoms with Gasteiger partial charge in [0.2, 0.25) is 5.55 Å². The summed E-state index contributed by atoms with van der Waals surface area (Å²) in [5, 5.41) is 13.2. The first-order valence-corrected chi connectivity index (χ1v) is 10.7. The Kier molecular flexibility index (Phi) is 6.98. The quantitative estimate of drug-likeness (QED) is 0.413. The van der Waals surface area contributed by atoms with Crippen LogP contribution in [0.1, 0.15) is 21.6 Å². The molecule has 0 aliphatic rings. The molecule has 180 valence electrons. The summed E-state index contributed by atoms with van der Waals surface area (Å²) < 4.78 is 22.0. The molecule has 2 aromatic carbocycles. The van der Waals surface area contributed by atoms with Crippen molar-refractivity contribution >= 4 is 28.3 Å². The number of aliphatic hydroxyl groups is 1. The Labute approximate surface area is 201 Å². The molecule has 2 heterocycles. The summed E-state index contributed by atoms with van der Waals surface area (Å²) in [7, 11) is 4.64. The molecule has 2 N–H and O–H groups in total. The lowest BCUT2D eigenvalue weighted by molar-refractivity contribution is 0.102. The largest absolute Gasteiger partial charge is 0.497 e. The highest BCUT2D eigenvalue weighted by molar-refractivity contribution is 6.05. The van der Waals surface area contributed by atoms with E-state index < -0.39 is 5.91 Å². The van der Waals surface area contributed by atoms with E-state index in [4.69, 9.17) is 18.6 Å². The van der Waals surface area contributed by atoms with Crippen LogP contribution in [0.4, 0.5) is 11.4 Å². The first kappa shape index (κ1) is 23.8. The second kappa shape index (κ2) is 10.3. The SMILES string of the molecule is COc1ccc(NC(=O)c2cc3c(CO)cnc(C)c3oc2=Nc2cc(OC)ccc2OC)cc1. The van der Waals surface area contributed by atoms with Crippen molar-refractivity contribution in [2.45, 2.75) is 13.5 Å². The molecule has 2 aromatic heterocycles. The van der Waals surface area contributed by atoms with Crippen molar-refractivity contribution in [3.63, 3.8) is 0 Å². The average molecular weight is 476 g/mol. The van der Waals surface area contributed by atoms with Gasteiger partial charge in [-0.15, -0.1) is 0 Å². The summed E-state index contributed by atoms with van der Waals surface area (Å²) in [6.45, 7) is 1.51. The number of anilines is 1. The molecular formula is C26H25N3O6. The van der Waals surface area contributed by atoms with Crippen LogP contribution in [0.3, 0.4) is 0 Å². The number of amides is 1. The van der Waals surface area contributed by atoms with Crippen molar-refractivity contribution in [1.29, 1.82) is 0 Å². The summed E-state index contributed by atoms with van der Waals surface area (Å²) in [5.74, 6) is 1.26. The lowest BCUT2D eigenvalue weighted by atomic mass is 10.1. The number of hydrogen-bond acceptors (Lipinski definition) is 8. The van der Waals surface area contributed by atoms with Gasteiger partial charge in [-0.25, -0.2) is 4.99 Å². The number of carbonyl (C=O) groups excluding carboxylic acids is 1. The maximum Gasteiger partial charge on any atom is 0.261 e. The summed E-state index contributed by atoms with van der Waals surface area (Å²) in [4.78, 5) is 22.3. The molecule has 4 aromatic rings. The highest BCUT2D eigenvalue weighted by atomic mass is 16.5. The number of hydrogen-bond donors (Lipinski definition) is 2. The molecule has 0 fully saturated rings.